The Hall–Kier alpha value is -0.600. The summed E-state index contributed by atoms with van der Waals surface area (Å²) in [7, 11) is 0. The molecule has 0 unspecified atom stereocenters. The van der Waals surface area contributed by atoms with Crippen LogP contribution in [-0.2, 0) is 4.74 Å². The third-order valence-corrected chi connectivity index (χ3v) is 6.25. The SMILES string of the molecule is O[C@@H]1[C@@H](O)[C@@H](O)C(COC(F)F)=C[C@H]1NCCC1CCC2(CC1)CC2. The molecule has 7 heteroatoms. The van der Waals surface area contributed by atoms with Gasteiger partial charge in [0.05, 0.1) is 12.6 Å². The van der Waals surface area contributed by atoms with E-state index in [-0.39, 0.29) is 5.57 Å². The summed E-state index contributed by atoms with van der Waals surface area (Å²) < 4.78 is 28.6. The third kappa shape index (κ3) is 4.77. The van der Waals surface area contributed by atoms with Gasteiger partial charge in [0.1, 0.15) is 18.3 Å². The van der Waals surface area contributed by atoms with Gasteiger partial charge in [-0.2, -0.15) is 8.78 Å². The van der Waals surface area contributed by atoms with Crippen molar-refractivity contribution in [3.05, 3.63) is 11.6 Å². The van der Waals surface area contributed by atoms with E-state index in [9.17, 15) is 24.1 Å². The number of halogens is 2. The van der Waals surface area contributed by atoms with Gasteiger partial charge in [0, 0.05) is 0 Å². The smallest absolute Gasteiger partial charge is 0.345 e. The Balaban J connectivity index is 1.47. The molecule has 3 aliphatic rings. The third-order valence-electron chi connectivity index (χ3n) is 6.25. The second kappa shape index (κ2) is 7.96. The van der Waals surface area contributed by atoms with Crippen LogP contribution in [0.1, 0.15) is 44.9 Å². The fourth-order valence-corrected chi connectivity index (χ4v) is 4.23. The van der Waals surface area contributed by atoms with Crippen molar-refractivity contribution in [1.29, 1.82) is 0 Å². The molecule has 2 fully saturated rings. The number of hydrogen-bond donors (Lipinski definition) is 4. The predicted octanol–water partition coefficient (Wildman–Crippen LogP) is 1.57. The quantitative estimate of drug-likeness (QED) is 0.518. The maximum atomic E-state index is 12.2. The standard InChI is InChI=1S/C18H29F2NO4/c19-17(20)25-10-12-9-13(15(23)16(24)14(12)22)21-8-3-11-1-4-18(5-2-11)6-7-18/h9,11,13-17,21-24H,1-8,10H2/t13-,14+,15+,16+/m1/s1. The summed E-state index contributed by atoms with van der Waals surface area (Å²) in [6, 6.07) is -0.576. The van der Waals surface area contributed by atoms with Gasteiger partial charge >= 0.3 is 6.61 Å². The Morgan fingerprint density at radius 3 is 2.40 bits per heavy atom. The minimum Gasteiger partial charge on any atom is -0.388 e. The molecule has 0 aromatic rings. The van der Waals surface area contributed by atoms with Gasteiger partial charge in [-0.1, -0.05) is 6.08 Å². The number of alkyl halides is 2. The van der Waals surface area contributed by atoms with Crippen molar-refractivity contribution >= 4 is 0 Å². The molecule has 0 radical (unpaired) electrons. The number of hydrogen-bond acceptors (Lipinski definition) is 5. The Kier molecular flexibility index (Phi) is 6.11. The van der Waals surface area contributed by atoms with Gasteiger partial charge < -0.3 is 25.4 Å². The van der Waals surface area contributed by atoms with Crippen LogP contribution in [0.4, 0.5) is 8.78 Å². The first-order chi connectivity index (χ1) is 11.9. The van der Waals surface area contributed by atoms with Gasteiger partial charge in [-0.05, 0) is 68.4 Å². The molecule has 25 heavy (non-hydrogen) atoms. The fourth-order valence-electron chi connectivity index (χ4n) is 4.23. The van der Waals surface area contributed by atoms with Gasteiger partial charge in [0.25, 0.3) is 0 Å². The number of rotatable bonds is 7. The Bertz CT molecular complexity index is 474. The lowest BCUT2D eigenvalue weighted by molar-refractivity contribution is -0.129. The van der Waals surface area contributed by atoms with Crippen molar-refractivity contribution in [3.8, 4) is 0 Å². The lowest BCUT2D eigenvalue weighted by atomic mass is 9.78. The Morgan fingerprint density at radius 1 is 1.12 bits per heavy atom. The molecule has 4 N–H and O–H groups in total. The van der Waals surface area contributed by atoms with Crippen LogP contribution in [0.15, 0.2) is 11.6 Å². The first-order valence-corrected chi connectivity index (χ1v) is 9.28. The summed E-state index contributed by atoms with van der Waals surface area (Å²) in [5.74, 6) is 0.681. The van der Waals surface area contributed by atoms with E-state index in [2.05, 4.69) is 10.1 Å². The van der Waals surface area contributed by atoms with E-state index >= 15 is 0 Å². The zero-order valence-corrected chi connectivity index (χ0v) is 14.4. The highest BCUT2D eigenvalue weighted by Crippen LogP contribution is 2.57. The second-order valence-electron chi connectivity index (χ2n) is 7.95. The zero-order valence-electron chi connectivity index (χ0n) is 14.4. The normalized spacial score (nSPS) is 35.2. The number of aliphatic hydroxyl groups excluding tert-OH is 3. The molecule has 3 rings (SSSR count). The molecule has 0 aliphatic heterocycles. The minimum absolute atomic E-state index is 0.170. The topological polar surface area (TPSA) is 82.0 Å². The van der Waals surface area contributed by atoms with Crippen molar-refractivity contribution in [1.82, 2.24) is 5.32 Å². The van der Waals surface area contributed by atoms with Crippen LogP contribution < -0.4 is 5.32 Å². The fraction of sp³-hybridized carbons (Fsp3) is 0.889. The summed E-state index contributed by atoms with van der Waals surface area (Å²) in [5.41, 5.74) is 0.843. The summed E-state index contributed by atoms with van der Waals surface area (Å²) in [5, 5.41) is 33.1. The van der Waals surface area contributed by atoms with E-state index in [4.69, 9.17) is 0 Å². The Morgan fingerprint density at radius 2 is 1.80 bits per heavy atom. The average Bonchev–Trinajstić information content (AvgIpc) is 3.35. The van der Waals surface area contributed by atoms with Gasteiger partial charge in [0.2, 0.25) is 0 Å². The number of ether oxygens (including phenoxy) is 1. The summed E-state index contributed by atoms with van der Waals surface area (Å²) in [4.78, 5) is 0. The molecule has 144 valence electrons. The summed E-state index contributed by atoms with van der Waals surface area (Å²) >= 11 is 0. The summed E-state index contributed by atoms with van der Waals surface area (Å²) in [6.07, 6.45) is 6.45. The molecule has 2 saturated carbocycles. The van der Waals surface area contributed by atoms with Gasteiger partial charge in [-0.3, -0.25) is 0 Å². The van der Waals surface area contributed by atoms with E-state index in [1.54, 1.807) is 0 Å². The van der Waals surface area contributed by atoms with Crippen LogP contribution in [0.3, 0.4) is 0 Å². The monoisotopic (exact) mass is 361 g/mol. The van der Waals surface area contributed by atoms with Crippen molar-refractivity contribution in [2.75, 3.05) is 13.2 Å². The van der Waals surface area contributed by atoms with E-state index < -0.39 is 37.6 Å². The van der Waals surface area contributed by atoms with Crippen molar-refractivity contribution in [2.45, 2.75) is 75.9 Å². The minimum atomic E-state index is -2.94. The molecule has 0 aromatic heterocycles. The number of aliphatic hydroxyl groups is 3. The molecule has 0 aromatic carbocycles. The zero-order chi connectivity index (χ0) is 18.0. The molecule has 0 heterocycles. The molecule has 1 spiro atoms. The highest BCUT2D eigenvalue weighted by atomic mass is 19.3. The lowest BCUT2D eigenvalue weighted by Crippen LogP contribution is -2.54. The van der Waals surface area contributed by atoms with Crippen LogP contribution in [0.25, 0.3) is 0 Å². The van der Waals surface area contributed by atoms with Crippen LogP contribution in [0.2, 0.25) is 0 Å². The van der Waals surface area contributed by atoms with Crippen molar-refractivity contribution < 1.29 is 28.8 Å². The van der Waals surface area contributed by atoms with Crippen LogP contribution in [0.5, 0.6) is 0 Å². The van der Waals surface area contributed by atoms with Gasteiger partial charge in [-0.25, -0.2) is 0 Å². The maximum Gasteiger partial charge on any atom is 0.345 e. The molecule has 0 saturated heterocycles. The first-order valence-electron chi connectivity index (χ1n) is 9.28. The molecule has 0 amide bonds. The molecule has 0 bridgehead atoms. The average molecular weight is 361 g/mol. The second-order valence-corrected chi connectivity index (χ2v) is 7.95. The van der Waals surface area contributed by atoms with Crippen LogP contribution in [0, 0.1) is 11.3 Å². The van der Waals surface area contributed by atoms with Crippen molar-refractivity contribution in [2.24, 2.45) is 11.3 Å². The highest BCUT2D eigenvalue weighted by Gasteiger charge is 2.44. The first kappa shape index (κ1) is 19.2. The molecule has 5 nitrogen and oxygen atoms in total. The van der Waals surface area contributed by atoms with Gasteiger partial charge in [-0.15, -0.1) is 0 Å². The maximum absolute atomic E-state index is 12.2. The van der Waals surface area contributed by atoms with E-state index in [0.717, 1.165) is 6.42 Å². The van der Waals surface area contributed by atoms with Gasteiger partial charge in [0.15, 0.2) is 0 Å². The predicted molar refractivity (Wildman–Crippen MR) is 88.1 cm³/mol. The van der Waals surface area contributed by atoms with E-state index in [1.165, 1.54) is 44.6 Å². The van der Waals surface area contributed by atoms with Crippen LogP contribution >= 0.6 is 0 Å². The number of nitrogens with one attached hydrogen (secondary N) is 1. The molecular weight excluding hydrogens is 332 g/mol. The highest BCUT2D eigenvalue weighted by molar-refractivity contribution is 5.21. The van der Waals surface area contributed by atoms with Crippen LogP contribution in [-0.4, -0.2) is 59.4 Å². The van der Waals surface area contributed by atoms with E-state index in [1.807, 2.05) is 0 Å². The molecule has 4 atom stereocenters. The summed E-state index contributed by atoms with van der Waals surface area (Å²) in [6.45, 7) is -2.72. The molecule has 3 aliphatic carbocycles. The lowest BCUT2D eigenvalue weighted by Gasteiger charge is -2.35. The Labute approximate surface area is 147 Å². The van der Waals surface area contributed by atoms with Crippen molar-refractivity contribution in [3.63, 3.8) is 0 Å². The largest absolute Gasteiger partial charge is 0.388 e. The van der Waals surface area contributed by atoms with E-state index in [0.29, 0.717) is 17.9 Å². The molecular formula is C18H29F2NO4.